The molecule has 0 saturated heterocycles. The van der Waals surface area contributed by atoms with Crippen LogP contribution in [0.1, 0.15) is 11.3 Å². The Balaban J connectivity index is 3.17. The highest BCUT2D eigenvalue weighted by atomic mass is 32.1. The lowest BCUT2D eigenvalue weighted by Gasteiger charge is -1.96. The summed E-state index contributed by atoms with van der Waals surface area (Å²) in [5.41, 5.74) is 2.27. The molecule has 1 rings (SSSR count). The second-order valence-electron chi connectivity index (χ2n) is 2.10. The number of pyridine rings is 1. The van der Waals surface area contributed by atoms with Gasteiger partial charge in [0.2, 0.25) is 0 Å². The number of rotatable bonds is 0. The van der Waals surface area contributed by atoms with Crippen LogP contribution < -0.4 is 0 Å². The molecule has 0 saturated carbocycles. The molecule has 0 amide bonds. The van der Waals surface area contributed by atoms with Gasteiger partial charge in [0.15, 0.2) is 0 Å². The number of aromatic nitrogens is 1. The first-order chi connectivity index (χ1) is 4.20. The van der Waals surface area contributed by atoms with Crippen LogP contribution in [0.25, 0.3) is 0 Å². The van der Waals surface area contributed by atoms with Crippen LogP contribution in [0.15, 0.2) is 17.2 Å². The molecule has 0 fully saturated rings. The Labute approximate surface area is 60.5 Å². The first kappa shape index (κ1) is 6.62. The summed E-state index contributed by atoms with van der Waals surface area (Å²) in [5.74, 6) is 0. The summed E-state index contributed by atoms with van der Waals surface area (Å²) in [4.78, 5) is 5.03. The van der Waals surface area contributed by atoms with Gasteiger partial charge in [-0.05, 0) is 25.5 Å². The van der Waals surface area contributed by atoms with Crippen LogP contribution in [0.3, 0.4) is 0 Å². The van der Waals surface area contributed by atoms with Gasteiger partial charge in [0.05, 0.1) is 0 Å². The highest BCUT2D eigenvalue weighted by Gasteiger charge is 1.91. The molecule has 9 heavy (non-hydrogen) atoms. The predicted octanol–water partition coefficient (Wildman–Crippen LogP) is 1.99. The van der Waals surface area contributed by atoms with Crippen molar-refractivity contribution in [3.8, 4) is 0 Å². The average molecular weight is 139 g/mol. The van der Waals surface area contributed by atoms with Gasteiger partial charge in [-0.15, -0.1) is 12.6 Å². The van der Waals surface area contributed by atoms with Crippen LogP contribution in [0.4, 0.5) is 0 Å². The molecule has 1 heterocycles. The van der Waals surface area contributed by atoms with Crippen LogP contribution in [-0.2, 0) is 0 Å². The quantitative estimate of drug-likeness (QED) is 0.542. The number of hydrogen-bond acceptors (Lipinski definition) is 2. The third-order valence-electron chi connectivity index (χ3n) is 1.33. The molecular formula is C7H9NS. The van der Waals surface area contributed by atoms with Crippen LogP contribution >= 0.6 is 12.6 Å². The lowest BCUT2D eigenvalue weighted by atomic mass is 10.2. The fourth-order valence-corrected chi connectivity index (χ4v) is 0.880. The lowest BCUT2D eigenvalue weighted by molar-refractivity contribution is 1.10. The topological polar surface area (TPSA) is 12.9 Å². The highest BCUT2D eigenvalue weighted by Crippen LogP contribution is 2.08. The number of aryl methyl sites for hydroxylation is 2. The molecule has 1 nitrogen and oxygen atoms in total. The molecule has 0 aliphatic rings. The molecule has 0 radical (unpaired) electrons. The van der Waals surface area contributed by atoms with Crippen LogP contribution in [-0.4, -0.2) is 4.98 Å². The van der Waals surface area contributed by atoms with E-state index in [4.69, 9.17) is 0 Å². The molecule has 0 aromatic carbocycles. The van der Waals surface area contributed by atoms with Crippen molar-refractivity contribution in [3.05, 3.63) is 23.5 Å². The van der Waals surface area contributed by atoms with Gasteiger partial charge in [-0.1, -0.05) is 0 Å². The van der Waals surface area contributed by atoms with Crippen molar-refractivity contribution in [2.24, 2.45) is 0 Å². The van der Waals surface area contributed by atoms with Crippen LogP contribution in [0.5, 0.6) is 0 Å². The second-order valence-corrected chi connectivity index (χ2v) is 2.61. The Morgan fingerprint density at radius 1 is 1.44 bits per heavy atom. The zero-order valence-electron chi connectivity index (χ0n) is 5.55. The second kappa shape index (κ2) is 2.40. The molecular weight excluding hydrogens is 130 g/mol. The molecule has 0 spiro atoms. The highest BCUT2D eigenvalue weighted by molar-refractivity contribution is 7.80. The van der Waals surface area contributed by atoms with E-state index in [1.165, 1.54) is 5.56 Å². The zero-order chi connectivity index (χ0) is 6.85. The van der Waals surface area contributed by atoms with E-state index in [2.05, 4.69) is 17.6 Å². The first-order valence-corrected chi connectivity index (χ1v) is 3.27. The molecule has 0 bridgehead atoms. The van der Waals surface area contributed by atoms with E-state index < -0.39 is 0 Å². The van der Waals surface area contributed by atoms with Gasteiger partial charge in [-0.25, -0.2) is 0 Å². The van der Waals surface area contributed by atoms with Gasteiger partial charge < -0.3 is 0 Å². The van der Waals surface area contributed by atoms with E-state index in [0.29, 0.717) is 0 Å². The minimum Gasteiger partial charge on any atom is -0.260 e. The Bertz CT molecular complexity index is 220. The van der Waals surface area contributed by atoms with Crippen molar-refractivity contribution in [1.82, 2.24) is 4.98 Å². The minimum atomic E-state index is 0.929. The van der Waals surface area contributed by atoms with Crippen molar-refractivity contribution in [2.75, 3.05) is 0 Å². The maximum absolute atomic E-state index is 4.14. The molecule has 1 aromatic heterocycles. The number of hydrogen-bond donors (Lipinski definition) is 1. The first-order valence-electron chi connectivity index (χ1n) is 2.82. The molecule has 48 valence electrons. The molecule has 0 atom stereocenters. The van der Waals surface area contributed by atoms with E-state index in [1.54, 1.807) is 6.20 Å². The normalized spacial score (nSPS) is 9.67. The summed E-state index contributed by atoms with van der Waals surface area (Å²) in [6.07, 6.45) is 1.76. The Morgan fingerprint density at radius 2 is 2.11 bits per heavy atom. The molecule has 0 unspecified atom stereocenters. The summed E-state index contributed by atoms with van der Waals surface area (Å²) >= 11 is 4.14. The monoisotopic (exact) mass is 139 g/mol. The zero-order valence-corrected chi connectivity index (χ0v) is 6.44. The van der Waals surface area contributed by atoms with Gasteiger partial charge in [-0.3, -0.25) is 4.98 Å². The molecule has 0 N–H and O–H groups in total. The summed E-state index contributed by atoms with van der Waals surface area (Å²) in [6.45, 7) is 4.02. The van der Waals surface area contributed by atoms with Crippen molar-refractivity contribution in [3.63, 3.8) is 0 Å². The van der Waals surface area contributed by atoms with Gasteiger partial charge in [0.25, 0.3) is 0 Å². The Hall–Kier alpha value is -0.500. The SMILES string of the molecule is Cc1cc(S)cnc1C. The fraction of sp³-hybridized carbons (Fsp3) is 0.286. The van der Waals surface area contributed by atoms with E-state index in [0.717, 1.165) is 10.6 Å². The molecule has 1 aromatic rings. The Morgan fingerprint density at radius 3 is 2.56 bits per heavy atom. The number of thiol groups is 1. The van der Waals surface area contributed by atoms with E-state index in [9.17, 15) is 0 Å². The van der Waals surface area contributed by atoms with E-state index in [-0.39, 0.29) is 0 Å². The van der Waals surface area contributed by atoms with E-state index in [1.807, 2.05) is 19.9 Å². The largest absolute Gasteiger partial charge is 0.260 e. The van der Waals surface area contributed by atoms with Crippen molar-refractivity contribution in [2.45, 2.75) is 18.7 Å². The van der Waals surface area contributed by atoms with Crippen LogP contribution in [0.2, 0.25) is 0 Å². The number of nitrogens with zero attached hydrogens (tertiary/aromatic N) is 1. The van der Waals surface area contributed by atoms with E-state index >= 15 is 0 Å². The van der Waals surface area contributed by atoms with Crippen LogP contribution in [0, 0.1) is 13.8 Å². The fourth-order valence-electron chi connectivity index (χ4n) is 0.628. The maximum atomic E-state index is 4.14. The van der Waals surface area contributed by atoms with Gasteiger partial charge in [-0.2, -0.15) is 0 Å². The van der Waals surface area contributed by atoms with Crippen molar-refractivity contribution < 1.29 is 0 Å². The van der Waals surface area contributed by atoms with Crippen molar-refractivity contribution in [1.29, 1.82) is 0 Å². The van der Waals surface area contributed by atoms with Gasteiger partial charge in [0.1, 0.15) is 0 Å². The lowest BCUT2D eigenvalue weighted by Crippen LogP contribution is -1.84. The standard InChI is InChI=1S/C7H9NS/c1-5-3-7(9)4-8-6(5)2/h3-4,9H,1-2H3. The van der Waals surface area contributed by atoms with Gasteiger partial charge in [0, 0.05) is 16.8 Å². The Kier molecular flexibility index (Phi) is 1.76. The summed E-state index contributed by atoms with van der Waals surface area (Å²) in [5, 5.41) is 0. The average Bonchev–Trinajstić information content (AvgIpc) is 1.80. The van der Waals surface area contributed by atoms with Crippen molar-refractivity contribution >= 4 is 12.6 Å². The summed E-state index contributed by atoms with van der Waals surface area (Å²) < 4.78 is 0. The predicted molar refractivity (Wildman–Crippen MR) is 41.0 cm³/mol. The third kappa shape index (κ3) is 1.45. The minimum absolute atomic E-state index is 0.929. The smallest absolute Gasteiger partial charge is 0.0404 e. The summed E-state index contributed by atoms with van der Waals surface area (Å²) in [6, 6.07) is 2.01. The third-order valence-corrected chi connectivity index (χ3v) is 1.57. The maximum Gasteiger partial charge on any atom is 0.0404 e. The van der Waals surface area contributed by atoms with Gasteiger partial charge >= 0.3 is 0 Å². The summed E-state index contributed by atoms with van der Waals surface area (Å²) in [7, 11) is 0. The molecule has 2 heteroatoms. The molecule has 0 aliphatic carbocycles. The molecule has 0 aliphatic heterocycles.